The van der Waals surface area contributed by atoms with Crippen molar-refractivity contribution >= 4 is 28.9 Å². The Labute approximate surface area is 138 Å². The fourth-order valence-electron chi connectivity index (χ4n) is 2.68. The monoisotopic (exact) mass is 325 g/mol. The summed E-state index contributed by atoms with van der Waals surface area (Å²) in [6, 6.07) is 14.9. The first-order chi connectivity index (χ1) is 11.5. The second-order valence-electron chi connectivity index (χ2n) is 5.54. The molecule has 0 aliphatic carbocycles. The largest absolute Gasteiger partial charge is 0.326 e. The van der Waals surface area contributed by atoms with E-state index in [0.29, 0.717) is 12.2 Å². The van der Waals surface area contributed by atoms with Crippen LogP contribution < -0.4 is 10.2 Å². The molecule has 3 rings (SSSR count). The minimum atomic E-state index is -0.522. The number of hydrogen-bond donors (Lipinski definition) is 1. The van der Waals surface area contributed by atoms with Gasteiger partial charge in [-0.25, -0.2) is 0 Å². The van der Waals surface area contributed by atoms with Gasteiger partial charge in [-0.1, -0.05) is 24.3 Å². The van der Waals surface area contributed by atoms with Crippen molar-refractivity contribution in [2.24, 2.45) is 5.92 Å². The lowest BCUT2D eigenvalue weighted by Crippen LogP contribution is -2.28. The van der Waals surface area contributed by atoms with Gasteiger partial charge in [0.1, 0.15) is 0 Å². The summed E-state index contributed by atoms with van der Waals surface area (Å²) in [5.74, 6) is -0.917. The lowest BCUT2D eigenvalue weighted by Gasteiger charge is -2.16. The SMILES string of the molecule is O=C(Nc1cccc([N+](=O)[O-])c1)C1CC(=O)N(c2ccccc2)C1. The van der Waals surface area contributed by atoms with Crippen LogP contribution in [0.3, 0.4) is 0 Å². The lowest BCUT2D eigenvalue weighted by atomic mass is 10.1. The number of benzene rings is 2. The number of nitrogens with zero attached hydrogens (tertiary/aromatic N) is 2. The number of nitrogens with one attached hydrogen (secondary N) is 1. The predicted molar refractivity (Wildman–Crippen MR) is 88.6 cm³/mol. The first-order valence-electron chi connectivity index (χ1n) is 7.45. The molecular weight excluding hydrogens is 310 g/mol. The molecule has 2 aromatic rings. The van der Waals surface area contributed by atoms with Crippen LogP contribution in [0.2, 0.25) is 0 Å². The Hall–Kier alpha value is -3.22. The Kier molecular flexibility index (Phi) is 4.24. The highest BCUT2D eigenvalue weighted by Crippen LogP contribution is 2.26. The fraction of sp³-hybridized carbons (Fsp3) is 0.176. The first kappa shape index (κ1) is 15.7. The molecule has 2 amide bonds. The number of non-ortho nitro benzene ring substituents is 1. The van der Waals surface area contributed by atoms with Gasteiger partial charge in [-0.05, 0) is 18.2 Å². The van der Waals surface area contributed by atoms with Crippen molar-refractivity contribution in [3.63, 3.8) is 0 Å². The van der Waals surface area contributed by atoms with Gasteiger partial charge >= 0.3 is 0 Å². The summed E-state index contributed by atoms with van der Waals surface area (Å²) in [5.41, 5.74) is 1.01. The number of carbonyl (C=O) groups is 2. The summed E-state index contributed by atoms with van der Waals surface area (Å²) >= 11 is 0. The third-order valence-corrected chi connectivity index (χ3v) is 3.89. The molecule has 0 spiro atoms. The van der Waals surface area contributed by atoms with E-state index in [4.69, 9.17) is 0 Å². The fourth-order valence-corrected chi connectivity index (χ4v) is 2.68. The van der Waals surface area contributed by atoms with Gasteiger partial charge in [-0.15, -0.1) is 0 Å². The lowest BCUT2D eigenvalue weighted by molar-refractivity contribution is -0.384. The van der Waals surface area contributed by atoms with Gasteiger partial charge in [0, 0.05) is 36.5 Å². The van der Waals surface area contributed by atoms with Crippen molar-refractivity contribution in [2.75, 3.05) is 16.8 Å². The van der Waals surface area contributed by atoms with Gasteiger partial charge in [0.05, 0.1) is 10.8 Å². The number of para-hydroxylation sites is 1. The predicted octanol–water partition coefficient (Wildman–Crippen LogP) is 2.59. The molecule has 24 heavy (non-hydrogen) atoms. The second kappa shape index (κ2) is 6.49. The molecule has 1 N–H and O–H groups in total. The van der Waals surface area contributed by atoms with Crippen LogP contribution in [0, 0.1) is 16.0 Å². The Bertz CT molecular complexity index is 791. The summed E-state index contributed by atoms with van der Waals surface area (Å²) in [6.07, 6.45) is 0.121. The number of nitro groups is 1. The molecule has 1 heterocycles. The highest BCUT2D eigenvalue weighted by molar-refractivity contribution is 6.03. The zero-order valence-corrected chi connectivity index (χ0v) is 12.7. The molecule has 7 heteroatoms. The van der Waals surface area contributed by atoms with Crippen molar-refractivity contribution in [1.29, 1.82) is 0 Å². The number of hydrogen-bond acceptors (Lipinski definition) is 4. The van der Waals surface area contributed by atoms with E-state index in [2.05, 4.69) is 5.32 Å². The first-order valence-corrected chi connectivity index (χ1v) is 7.45. The third-order valence-electron chi connectivity index (χ3n) is 3.89. The molecule has 0 bridgehead atoms. The van der Waals surface area contributed by atoms with Crippen LogP contribution in [0.4, 0.5) is 17.1 Å². The average Bonchev–Trinajstić information content (AvgIpc) is 2.98. The van der Waals surface area contributed by atoms with E-state index in [1.807, 2.05) is 30.3 Å². The van der Waals surface area contributed by atoms with Gasteiger partial charge in [0.25, 0.3) is 5.69 Å². The molecule has 2 aromatic carbocycles. The molecule has 0 saturated carbocycles. The number of nitro benzene ring substituents is 1. The molecule has 1 aliphatic heterocycles. The number of amides is 2. The van der Waals surface area contributed by atoms with Crippen LogP contribution >= 0.6 is 0 Å². The van der Waals surface area contributed by atoms with Crippen LogP contribution in [0.5, 0.6) is 0 Å². The minimum absolute atomic E-state index is 0.0961. The smallest absolute Gasteiger partial charge is 0.271 e. The van der Waals surface area contributed by atoms with Crippen molar-refractivity contribution in [1.82, 2.24) is 0 Å². The molecule has 1 fully saturated rings. The molecule has 1 aliphatic rings. The van der Waals surface area contributed by atoms with Crippen LogP contribution in [-0.4, -0.2) is 23.3 Å². The molecule has 122 valence electrons. The Morgan fingerprint density at radius 1 is 1.17 bits per heavy atom. The standard InChI is InChI=1S/C17H15N3O4/c21-16-9-12(11-19(16)14-6-2-1-3-7-14)17(22)18-13-5-4-8-15(10-13)20(23)24/h1-8,10,12H,9,11H2,(H,18,22). The zero-order chi connectivity index (χ0) is 17.1. The number of anilines is 2. The van der Waals surface area contributed by atoms with E-state index < -0.39 is 10.8 Å². The summed E-state index contributed by atoms with van der Waals surface area (Å²) in [4.78, 5) is 36.3. The summed E-state index contributed by atoms with van der Waals surface area (Å²) < 4.78 is 0. The van der Waals surface area contributed by atoms with Crippen molar-refractivity contribution < 1.29 is 14.5 Å². The van der Waals surface area contributed by atoms with Gasteiger partial charge in [-0.2, -0.15) is 0 Å². The summed E-state index contributed by atoms with van der Waals surface area (Å²) in [6.45, 7) is 0.295. The molecule has 1 atom stereocenters. The normalized spacial score (nSPS) is 16.9. The maximum Gasteiger partial charge on any atom is 0.271 e. The second-order valence-corrected chi connectivity index (χ2v) is 5.54. The number of rotatable bonds is 4. The van der Waals surface area contributed by atoms with Crippen molar-refractivity contribution in [3.05, 3.63) is 64.7 Å². The van der Waals surface area contributed by atoms with Crippen molar-refractivity contribution in [3.8, 4) is 0 Å². The van der Waals surface area contributed by atoms with Crippen molar-refractivity contribution in [2.45, 2.75) is 6.42 Å². The van der Waals surface area contributed by atoms with Crippen LogP contribution in [0.1, 0.15) is 6.42 Å². The van der Waals surface area contributed by atoms with Gasteiger partial charge < -0.3 is 10.2 Å². The van der Waals surface area contributed by atoms with E-state index >= 15 is 0 Å². The minimum Gasteiger partial charge on any atom is -0.326 e. The van der Waals surface area contributed by atoms with Gasteiger partial charge in [0.15, 0.2) is 0 Å². The summed E-state index contributed by atoms with van der Waals surface area (Å²) in [7, 11) is 0. The molecule has 0 aromatic heterocycles. The molecule has 0 radical (unpaired) electrons. The Morgan fingerprint density at radius 3 is 2.62 bits per heavy atom. The van der Waals surface area contributed by atoms with E-state index in [0.717, 1.165) is 5.69 Å². The topological polar surface area (TPSA) is 92.5 Å². The summed E-state index contributed by atoms with van der Waals surface area (Å²) in [5, 5.41) is 13.4. The number of carbonyl (C=O) groups excluding carboxylic acids is 2. The van der Waals surface area contributed by atoms with Crippen LogP contribution in [-0.2, 0) is 9.59 Å². The third kappa shape index (κ3) is 3.24. The molecule has 1 saturated heterocycles. The maximum atomic E-state index is 12.4. The van der Waals surface area contributed by atoms with E-state index in [1.165, 1.54) is 18.2 Å². The average molecular weight is 325 g/mol. The zero-order valence-electron chi connectivity index (χ0n) is 12.7. The highest BCUT2D eigenvalue weighted by atomic mass is 16.6. The Morgan fingerprint density at radius 2 is 1.92 bits per heavy atom. The van der Waals surface area contributed by atoms with Gasteiger partial charge in [0.2, 0.25) is 11.8 Å². The van der Waals surface area contributed by atoms with E-state index in [-0.39, 0.29) is 23.9 Å². The molecular formula is C17H15N3O4. The van der Waals surface area contributed by atoms with Crippen LogP contribution in [0.25, 0.3) is 0 Å². The molecule has 1 unspecified atom stereocenters. The van der Waals surface area contributed by atoms with Crippen LogP contribution in [0.15, 0.2) is 54.6 Å². The Balaban J connectivity index is 1.69. The maximum absolute atomic E-state index is 12.4. The quantitative estimate of drug-likeness (QED) is 0.690. The van der Waals surface area contributed by atoms with Gasteiger partial charge in [-0.3, -0.25) is 19.7 Å². The molecule has 7 nitrogen and oxygen atoms in total. The van der Waals surface area contributed by atoms with E-state index in [9.17, 15) is 19.7 Å². The van der Waals surface area contributed by atoms with E-state index in [1.54, 1.807) is 11.0 Å². The highest BCUT2D eigenvalue weighted by Gasteiger charge is 2.35.